The Balaban J connectivity index is 2.39. The molecular weight excluding hydrogens is 309 g/mol. The van der Waals surface area contributed by atoms with Crippen molar-refractivity contribution in [3.8, 4) is 11.1 Å². The van der Waals surface area contributed by atoms with Crippen LogP contribution in [-0.2, 0) is 4.74 Å². The van der Waals surface area contributed by atoms with Gasteiger partial charge in [-0.2, -0.15) is 0 Å². The van der Waals surface area contributed by atoms with Gasteiger partial charge in [-0.15, -0.1) is 0 Å². The van der Waals surface area contributed by atoms with E-state index in [9.17, 15) is 14.0 Å². The lowest BCUT2D eigenvalue weighted by molar-refractivity contribution is 0.0744. The van der Waals surface area contributed by atoms with E-state index in [1.165, 1.54) is 25.1 Å². The van der Waals surface area contributed by atoms with E-state index in [1.54, 1.807) is 43.3 Å². The van der Waals surface area contributed by atoms with E-state index in [0.717, 1.165) is 0 Å². The fourth-order valence-corrected chi connectivity index (χ4v) is 2.43. The topological polar surface area (TPSA) is 46.6 Å². The van der Waals surface area contributed by atoms with Gasteiger partial charge < -0.3 is 9.64 Å². The summed E-state index contributed by atoms with van der Waals surface area (Å²) in [5.74, 6) is -0.738. The molecule has 0 aliphatic carbocycles. The van der Waals surface area contributed by atoms with Gasteiger partial charge in [-0.1, -0.05) is 12.1 Å². The van der Waals surface area contributed by atoms with E-state index in [0.29, 0.717) is 35.4 Å². The number of ether oxygens (including phenoxy) is 1. The molecule has 0 heterocycles. The molecule has 24 heavy (non-hydrogen) atoms. The average molecular weight is 329 g/mol. The Bertz CT molecular complexity index is 758. The van der Waals surface area contributed by atoms with Gasteiger partial charge in [-0.25, -0.2) is 4.39 Å². The van der Waals surface area contributed by atoms with Gasteiger partial charge in [0.25, 0.3) is 5.91 Å². The molecule has 0 N–H and O–H groups in total. The summed E-state index contributed by atoms with van der Waals surface area (Å²) in [6.45, 7) is 2.35. The van der Waals surface area contributed by atoms with Crippen LogP contribution >= 0.6 is 0 Å². The van der Waals surface area contributed by atoms with Crippen molar-refractivity contribution >= 4 is 11.7 Å². The maximum Gasteiger partial charge on any atom is 0.253 e. The molecule has 0 atom stereocenters. The monoisotopic (exact) mass is 329 g/mol. The van der Waals surface area contributed by atoms with Crippen LogP contribution in [0.15, 0.2) is 42.5 Å². The Labute approximate surface area is 140 Å². The maximum absolute atomic E-state index is 13.6. The summed E-state index contributed by atoms with van der Waals surface area (Å²) in [7, 11) is 3.27. The van der Waals surface area contributed by atoms with E-state index < -0.39 is 5.82 Å². The van der Waals surface area contributed by atoms with Gasteiger partial charge in [0.2, 0.25) is 0 Å². The van der Waals surface area contributed by atoms with Gasteiger partial charge in [0, 0.05) is 31.8 Å². The van der Waals surface area contributed by atoms with Gasteiger partial charge in [0.05, 0.1) is 6.61 Å². The van der Waals surface area contributed by atoms with Gasteiger partial charge in [-0.3, -0.25) is 9.59 Å². The third-order valence-electron chi connectivity index (χ3n) is 3.76. The van der Waals surface area contributed by atoms with Gasteiger partial charge in [0.1, 0.15) is 5.82 Å². The number of Topliss-reactive ketones (excluding diaryl/α,β-unsaturated/α-hetero) is 1. The normalized spacial score (nSPS) is 10.5. The molecule has 2 rings (SSSR count). The first-order valence-corrected chi connectivity index (χ1v) is 7.59. The number of likely N-dealkylation sites (N-methyl/N-ethyl adjacent to an activating group) is 1. The number of benzene rings is 2. The highest BCUT2D eigenvalue weighted by Crippen LogP contribution is 2.26. The van der Waals surface area contributed by atoms with E-state index in [4.69, 9.17) is 4.74 Å². The molecule has 0 aromatic heterocycles. The van der Waals surface area contributed by atoms with Crippen molar-refractivity contribution in [1.29, 1.82) is 0 Å². The summed E-state index contributed by atoms with van der Waals surface area (Å²) < 4.78 is 18.6. The molecular formula is C19H20FNO3. The van der Waals surface area contributed by atoms with Crippen molar-refractivity contribution < 1.29 is 18.7 Å². The number of amides is 1. The molecule has 0 spiro atoms. The van der Waals surface area contributed by atoms with Crippen molar-refractivity contribution in [2.24, 2.45) is 0 Å². The minimum atomic E-state index is -0.427. The number of hydrogen-bond acceptors (Lipinski definition) is 3. The van der Waals surface area contributed by atoms with Crippen LogP contribution in [0.25, 0.3) is 11.1 Å². The molecule has 126 valence electrons. The fraction of sp³-hybridized carbons (Fsp3) is 0.263. The zero-order valence-electron chi connectivity index (χ0n) is 14.0. The second kappa shape index (κ2) is 7.84. The summed E-state index contributed by atoms with van der Waals surface area (Å²) in [6, 6.07) is 10.9. The number of hydrogen-bond donors (Lipinski definition) is 0. The number of ketones is 1. The highest BCUT2D eigenvalue weighted by molar-refractivity contribution is 6.02. The van der Waals surface area contributed by atoms with E-state index >= 15 is 0 Å². The molecule has 5 heteroatoms. The molecule has 0 aliphatic heterocycles. The lowest BCUT2D eigenvalue weighted by Gasteiger charge is -2.17. The Morgan fingerprint density at radius 2 is 1.92 bits per heavy atom. The molecule has 2 aromatic carbocycles. The van der Waals surface area contributed by atoms with Crippen LogP contribution in [-0.4, -0.2) is 43.9 Å². The first-order chi connectivity index (χ1) is 11.4. The average Bonchev–Trinajstić information content (AvgIpc) is 2.58. The predicted molar refractivity (Wildman–Crippen MR) is 90.7 cm³/mol. The highest BCUT2D eigenvalue weighted by Gasteiger charge is 2.15. The molecule has 2 aromatic rings. The molecule has 4 nitrogen and oxygen atoms in total. The largest absolute Gasteiger partial charge is 0.383 e. The first-order valence-electron chi connectivity index (χ1n) is 7.59. The summed E-state index contributed by atoms with van der Waals surface area (Å²) in [5.41, 5.74) is 2.01. The lowest BCUT2D eigenvalue weighted by Crippen LogP contribution is -2.29. The Hall–Kier alpha value is -2.53. The Kier molecular flexibility index (Phi) is 5.82. The van der Waals surface area contributed by atoms with Crippen LogP contribution in [0.2, 0.25) is 0 Å². The van der Waals surface area contributed by atoms with E-state index in [-0.39, 0.29) is 11.7 Å². The summed E-state index contributed by atoms with van der Waals surface area (Å²) in [6.07, 6.45) is 0. The quantitative estimate of drug-likeness (QED) is 0.763. The van der Waals surface area contributed by atoms with Gasteiger partial charge >= 0.3 is 0 Å². The third kappa shape index (κ3) is 4.06. The Morgan fingerprint density at radius 1 is 1.17 bits per heavy atom. The third-order valence-corrected chi connectivity index (χ3v) is 3.76. The Morgan fingerprint density at radius 3 is 2.58 bits per heavy atom. The first kappa shape index (κ1) is 17.8. The van der Waals surface area contributed by atoms with Crippen molar-refractivity contribution in [3.05, 3.63) is 59.4 Å². The van der Waals surface area contributed by atoms with Crippen molar-refractivity contribution in [1.82, 2.24) is 4.90 Å². The number of carbonyl (C=O) groups excluding carboxylic acids is 2. The molecule has 0 unspecified atom stereocenters. The highest BCUT2D eigenvalue weighted by atomic mass is 19.1. The molecule has 0 aliphatic rings. The number of rotatable bonds is 6. The zero-order chi connectivity index (χ0) is 17.7. The number of carbonyl (C=O) groups is 2. The maximum atomic E-state index is 13.6. The van der Waals surface area contributed by atoms with Crippen molar-refractivity contribution in [3.63, 3.8) is 0 Å². The second-order valence-corrected chi connectivity index (χ2v) is 5.55. The van der Waals surface area contributed by atoms with Crippen LogP contribution in [0.5, 0.6) is 0 Å². The van der Waals surface area contributed by atoms with E-state index in [1.807, 2.05) is 0 Å². The molecule has 0 bridgehead atoms. The predicted octanol–water partition coefficient (Wildman–Crippen LogP) is 3.41. The minimum absolute atomic E-state index is 0.154. The van der Waals surface area contributed by atoms with Crippen LogP contribution in [0.3, 0.4) is 0 Å². The minimum Gasteiger partial charge on any atom is -0.383 e. The number of nitrogens with zero attached hydrogens (tertiary/aromatic N) is 1. The summed E-state index contributed by atoms with van der Waals surface area (Å²) in [4.78, 5) is 25.8. The molecule has 0 saturated heterocycles. The van der Waals surface area contributed by atoms with Crippen LogP contribution in [0, 0.1) is 5.82 Å². The van der Waals surface area contributed by atoms with Crippen LogP contribution < -0.4 is 0 Å². The zero-order valence-corrected chi connectivity index (χ0v) is 14.0. The molecule has 0 radical (unpaired) electrons. The van der Waals surface area contributed by atoms with Gasteiger partial charge in [0.15, 0.2) is 5.78 Å². The standard InChI is InChI=1S/C19H20FNO3/c1-13(22)17-8-7-16(20)12-18(17)14-5-4-6-15(11-14)19(23)21(2)9-10-24-3/h4-8,11-12H,9-10H2,1-3H3. The van der Waals surface area contributed by atoms with Crippen LogP contribution in [0.4, 0.5) is 4.39 Å². The molecule has 0 saturated carbocycles. The number of methoxy groups -OCH3 is 1. The van der Waals surface area contributed by atoms with Crippen LogP contribution in [0.1, 0.15) is 27.6 Å². The van der Waals surface area contributed by atoms with Crippen molar-refractivity contribution in [2.75, 3.05) is 27.3 Å². The lowest BCUT2D eigenvalue weighted by atomic mass is 9.96. The smallest absolute Gasteiger partial charge is 0.253 e. The SMILES string of the molecule is COCCN(C)C(=O)c1cccc(-c2cc(F)ccc2C(C)=O)c1. The second-order valence-electron chi connectivity index (χ2n) is 5.55. The van der Waals surface area contributed by atoms with E-state index in [2.05, 4.69) is 0 Å². The number of halogens is 1. The summed E-state index contributed by atoms with van der Waals surface area (Å²) in [5, 5.41) is 0. The van der Waals surface area contributed by atoms with Gasteiger partial charge in [-0.05, 0) is 48.4 Å². The van der Waals surface area contributed by atoms with Crippen molar-refractivity contribution in [2.45, 2.75) is 6.92 Å². The molecule has 1 amide bonds. The summed E-state index contributed by atoms with van der Waals surface area (Å²) >= 11 is 0. The fourth-order valence-electron chi connectivity index (χ4n) is 2.43. The molecule has 0 fully saturated rings.